The maximum Gasteiger partial charge on any atom is 0.119 e. The molecule has 1 N–H and O–H groups in total. The van der Waals surface area contributed by atoms with Crippen molar-refractivity contribution >= 4 is 10.8 Å². The summed E-state index contributed by atoms with van der Waals surface area (Å²) in [6.45, 7) is 6.73. The molecular formula is C18H24N2O. The zero-order valence-corrected chi connectivity index (χ0v) is 12.9. The van der Waals surface area contributed by atoms with Crippen molar-refractivity contribution in [2.45, 2.75) is 25.9 Å². The summed E-state index contributed by atoms with van der Waals surface area (Å²) in [5.41, 5.74) is 1.40. The van der Waals surface area contributed by atoms with Gasteiger partial charge in [-0.1, -0.05) is 25.1 Å². The van der Waals surface area contributed by atoms with E-state index in [-0.39, 0.29) is 0 Å². The van der Waals surface area contributed by atoms with E-state index in [1.165, 1.54) is 29.3 Å². The van der Waals surface area contributed by atoms with E-state index in [0.29, 0.717) is 6.04 Å². The fraction of sp³-hybridized carbons (Fsp3) is 0.444. The van der Waals surface area contributed by atoms with Gasteiger partial charge < -0.3 is 10.1 Å². The van der Waals surface area contributed by atoms with Gasteiger partial charge in [-0.3, -0.25) is 4.90 Å². The van der Waals surface area contributed by atoms with Crippen molar-refractivity contribution in [2.24, 2.45) is 0 Å². The molecule has 0 aromatic heterocycles. The van der Waals surface area contributed by atoms with E-state index in [2.05, 4.69) is 47.5 Å². The third kappa shape index (κ3) is 3.20. The van der Waals surface area contributed by atoms with Gasteiger partial charge in [-0.05, 0) is 47.5 Å². The Kier molecular flexibility index (Phi) is 4.42. The Balaban J connectivity index is 1.79. The van der Waals surface area contributed by atoms with Crippen molar-refractivity contribution in [1.29, 1.82) is 0 Å². The van der Waals surface area contributed by atoms with Crippen LogP contribution in [0.25, 0.3) is 10.8 Å². The first-order valence-electron chi connectivity index (χ1n) is 7.81. The molecule has 0 bridgehead atoms. The van der Waals surface area contributed by atoms with Gasteiger partial charge in [0.2, 0.25) is 0 Å². The van der Waals surface area contributed by atoms with Crippen molar-refractivity contribution in [3.05, 3.63) is 42.0 Å². The lowest BCUT2D eigenvalue weighted by Crippen LogP contribution is -2.56. The van der Waals surface area contributed by atoms with E-state index in [9.17, 15) is 0 Å². The summed E-state index contributed by atoms with van der Waals surface area (Å²) >= 11 is 0. The monoisotopic (exact) mass is 284 g/mol. The molecule has 0 aliphatic carbocycles. The highest BCUT2D eigenvalue weighted by Crippen LogP contribution is 2.23. The highest BCUT2D eigenvalue weighted by atomic mass is 16.5. The van der Waals surface area contributed by atoms with Gasteiger partial charge in [0.15, 0.2) is 0 Å². The molecule has 0 atom stereocenters. The number of fused-ring (bicyclic) bond motifs is 1. The summed E-state index contributed by atoms with van der Waals surface area (Å²) in [6, 6.07) is 13.7. The molecule has 1 aliphatic heterocycles. The summed E-state index contributed by atoms with van der Waals surface area (Å²) in [7, 11) is 1.71. The Labute approximate surface area is 126 Å². The first-order chi connectivity index (χ1) is 10.3. The molecule has 21 heavy (non-hydrogen) atoms. The number of nitrogens with one attached hydrogen (secondary N) is 1. The molecule has 3 heteroatoms. The van der Waals surface area contributed by atoms with Crippen LogP contribution in [-0.2, 0) is 6.54 Å². The molecule has 0 radical (unpaired) electrons. The van der Waals surface area contributed by atoms with Crippen molar-refractivity contribution in [3.8, 4) is 5.75 Å². The van der Waals surface area contributed by atoms with E-state index in [4.69, 9.17) is 4.74 Å². The van der Waals surface area contributed by atoms with Crippen LogP contribution in [0.2, 0.25) is 0 Å². The molecule has 3 rings (SSSR count). The third-order valence-corrected chi connectivity index (χ3v) is 4.28. The van der Waals surface area contributed by atoms with Gasteiger partial charge in [0.25, 0.3) is 0 Å². The molecule has 1 aliphatic rings. The van der Waals surface area contributed by atoms with Gasteiger partial charge in [0, 0.05) is 25.7 Å². The predicted molar refractivity (Wildman–Crippen MR) is 87.9 cm³/mol. The van der Waals surface area contributed by atoms with E-state index >= 15 is 0 Å². The summed E-state index contributed by atoms with van der Waals surface area (Å²) in [4.78, 5) is 2.60. The van der Waals surface area contributed by atoms with Crippen molar-refractivity contribution in [2.75, 3.05) is 26.7 Å². The van der Waals surface area contributed by atoms with Gasteiger partial charge in [-0.2, -0.15) is 0 Å². The van der Waals surface area contributed by atoms with Crippen LogP contribution < -0.4 is 10.1 Å². The Morgan fingerprint density at radius 2 is 1.90 bits per heavy atom. The minimum atomic E-state index is 0.705. The topological polar surface area (TPSA) is 24.5 Å². The summed E-state index contributed by atoms with van der Waals surface area (Å²) in [5.74, 6) is 0.920. The highest BCUT2D eigenvalue weighted by Gasteiger charge is 2.23. The highest BCUT2D eigenvalue weighted by molar-refractivity contribution is 5.84. The van der Waals surface area contributed by atoms with Gasteiger partial charge in [-0.15, -0.1) is 0 Å². The fourth-order valence-electron chi connectivity index (χ4n) is 2.94. The number of benzene rings is 2. The van der Waals surface area contributed by atoms with Crippen LogP contribution in [0.15, 0.2) is 36.4 Å². The maximum absolute atomic E-state index is 5.29. The Morgan fingerprint density at radius 1 is 1.14 bits per heavy atom. The van der Waals surface area contributed by atoms with Gasteiger partial charge in [0.1, 0.15) is 5.75 Å². The Hall–Kier alpha value is -1.58. The lowest BCUT2D eigenvalue weighted by Gasteiger charge is -2.38. The molecule has 3 nitrogen and oxygen atoms in total. The van der Waals surface area contributed by atoms with E-state index < -0.39 is 0 Å². The normalized spacial score (nSPS) is 15.4. The third-order valence-electron chi connectivity index (χ3n) is 4.28. The molecule has 1 saturated heterocycles. The smallest absolute Gasteiger partial charge is 0.119 e. The Morgan fingerprint density at radius 3 is 2.57 bits per heavy atom. The van der Waals surface area contributed by atoms with Crippen molar-refractivity contribution in [1.82, 2.24) is 10.2 Å². The van der Waals surface area contributed by atoms with Crippen LogP contribution >= 0.6 is 0 Å². The largest absolute Gasteiger partial charge is 0.497 e. The first kappa shape index (κ1) is 14.4. The lowest BCUT2D eigenvalue weighted by atomic mass is 10.0. The minimum absolute atomic E-state index is 0.705. The van der Waals surface area contributed by atoms with Crippen LogP contribution in [0, 0.1) is 0 Å². The summed E-state index contributed by atoms with van der Waals surface area (Å²) < 4.78 is 5.29. The Bertz CT molecular complexity index is 607. The number of hydrogen-bond donors (Lipinski definition) is 1. The zero-order valence-electron chi connectivity index (χ0n) is 12.9. The first-order valence-corrected chi connectivity index (χ1v) is 7.81. The van der Waals surface area contributed by atoms with Crippen molar-refractivity contribution in [3.63, 3.8) is 0 Å². The predicted octanol–water partition coefficient (Wildman–Crippen LogP) is 3.03. The zero-order chi connectivity index (χ0) is 14.7. The van der Waals surface area contributed by atoms with E-state index in [1.54, 1.807) is 7.11 Å². The van der Waals surface area contributed by atoms with Crippen LogP contribution in [0.5, 0.6) is 5.75 Å². The molecule has 112 valence electrons. The van der Waals surface area contributed by atoms with Crippen LogP contribution in [0.1, 0.15) is 18.9 Å². The molecule has 0 saturated carbocycles. The van der Waals surface area contributed by atoms with Gasteiger partial charge in [-0.25, -0.2) is 0 Å². The second-order valence-electron chi connectivity index (χ2n) is 5.83. The average molecular weight is 284 g/mol. The van der Waals surface area contributed by atoms with Crippen molar-refractivity contribution < 1.29 is 4.74 Å². The molecule has 1 fully saturated rings. The number of nitrogens with zero attached hydrogens (tertiary/aromatic N) is 1. The van der Waals surface area contributed by atoms with E-state index in [1.807, 2.05) is 6.07 Å². The standard InChI is InChI=1S/C18H24N2O/c1-3-8-20(17-11-19-12-17)13-14-4-5-16-10-18(21-2)7-6-15(16)9-14/h4-7,9-10,17,19H,3,8,11-13H2,1-2H3. The average Bonchev–Trinajstić information content (AvgIpc) is 2.45. The van der Waals surface area contributed by atoms with Gasteiger partial charge in [0.05, 0.1) is 7.11 Å². The number of ether oxygens (including phenoxy) is 1. The van der Waals surface area contributed by atoms with Crippen LogP contribution in [-0.4, -0.2) is 37.7 Å². The second-order valence-corrected chi connectivity index (χ2v) is 5.83. The molecule has 0 amide bonds. The lowest BCUT2D eigenvalue weighted by molar-refractivity contribution is 0.138. The number of rotatable bonds is 6. The van der Waals surface area contributed by atoms with Gasteiger partial charge >= 0.3 is 0 Å². The summed E-state index contributed by atoms with van der Waals surface area (Å²) in [5, 5.41) is 5.90. The molecule has 2 aromatic carbocycles. The molecule has 1 heterocycles. The van der Waals surface area contributed by atoms with E-state index in [0.717, 1.165) is 25.4 Å². The fourth-order valence-corrected chi connectivity index (χ4v) is 2.94. The van der Waals surface area contributed by atoms with Crippen LogP contribution in [0.4, 0.5) is 0 Å². The molecule has 0 unspecified atom stereocenters. The van der Waals surface area contributed by atoms with Crippen LogP contribution in [0.3, 0.4) is 0 Å². The number of methoxy groups -OCH3 is 1. The SMILES string of the molecule is CCCN(Cc1ccc2cc(OC)ccc2c1)C1CNC1. The maximum atomic E-state index is 5.29. The molecule has 0 spiro atoms. The molecule has 2 aromatic rings. The second kappa shape index (κ2) is 6.46. The summed E-state index contributed by atoms with van der Waals surface area (Å²) in [6.07, 6.45) is 1.21. The number of hydrogen-bond acceptors (Lipinski definition) is 3. The minimum Gasteiger partial charge on any atom is -0.497 e. The molecular weight excluding hydrogens is 260 g/mol. The quantitative estimate of drug-likeness (QED) is 0.882.